The third kappa shape index (κ3) is 2.83. The number of rotatable bonds is 2. The molecule has 0 aliphatic carbocycles. The summed E-state index contributed by atoms with van der Waals surface area (Å²) in [6, 6.07) is 1.99. The molecule has 2 aromatic heterocycles. The quantitative estimate of drug-likeness (QED) is 0.818. The zero-order chi connectivity index (χ0) is 17.4. The minimum atomic E-state index is -0.495. The number of nitrogens with one attached hydrogen (secondary N) is 1. The molecule has 7 heteroatoms. The highest BCUT2D eigenvalue weighted by molar-refractivity contribution is 5.77. The number of nitrogens with zero attached hydrogens (tertiary/aromatic N) is 3. The first-order valence-corrected chi connectivity index (χ1v) is 8.76. The van der Waals surface area contributed by atoms with E-state index in [0.717, 1.165) is 37.9 Å². The number of piperidine rings is 1. The lowest BCUT2D eigenvalue weighted by atomic mass is 10.0. The van der Waals surface area contributed by atoms with Gasteiger partial charge in [-0.05, 0) is 49.6 Å². The highest BCUT2D eigenvalue weighted by Crippen LogP contribution is 2.25. The standard InChI is InChI=1S/C18H22N4O3/c1-21-15-10-13(12-4-8-25-9-5-12)11-20-16(15)22(18(24)17(21)23)14-2-6-19-7-3-14/h4,10-11,14,19H,2-3,5-9H2,1H3. The average molecular weight is 342 g/mol. The highest BCUT2D eigenvalue weighted by atomic mass is 16.5. The Bertz CT molecular complexity index is 951. The van der Waals surface area contributed by atoms with Gasteiger partial charge in [-0.2, -0.15) is 0 Å². The van der Waals surface area contributed by atoms with Gasteiger partial charge in [0, 0.05) is 19.3 Å². The van der Waals surface area contributed by atoms with E-state index in [1.807, 2.05) is 12.1 Å². The molecule has 0 aromatic carbocycles. The maximum Gasteiger partial charge on any atom is 0.318 e. The molecular formula is C18H22N4O3. The van der Waals surface area contributed by atoms with Crippen LogP contribution < -0.4 is 16.4 Å². The molecule has 1 saturated heterocycles. The Morgan fingerprint density at radius 3 is 2.76 bits per heavy atom. The molecule has 0 spiro atoms. The van der Waals surface area contributed by atoms with E-state index in [4.69, 9.17) is 4.74 Å². The van der Waals surface area contributed by atoms with Crippen molar-refractivity contribution in [2.24, 2.45) is 7.05 Å². The van der Waals surface area contributed by atoms with Crippen LogP contribution in [0.3, 0.4) is 0 Å². The molecule has 0 radical (unpaired) electrons. The van der Waals surface area contributed by atoms with Gasteiger partial charge in [0.25, 0.3) is 0 Å². The summed E-state index contributed by atoms with van der Waals surface area (Å²) in [5.41, 5.74) is 2.48. The smallest absolute Gasteiger partial charge is 0.318 e. The molecule has 0 unspecified atom stereocenters. The lowest BCUT2D eigenvalue weighted by molar-refractivity contribution is 0.161. The van der Waals surface area contributed by atoms with Crippen molar-refractivity contribution < 1.29 is 4.74 Å². The molecule has 4 rings (SSSR count). The minimum absolute atomic E-state index is 0.0193. The summed E-state index contributed by atoms with van der Waals surface area (Å²) in [4.78, 5) is 29.7. The van der Waals surface area contributed by atoms with Gasteiger partial charge in [-0.25, -0.2) is 4.98 Å². The molecule has 25 heavy (non-hydrogen) atoms. The first-order chi connectivity index (χ1) is 12.2. The topological polar surface area (TPSA) is 78.2 Å². The summed E-state index contributed by atoms with van der Waals surface area (Å²) in [6.45, 7) is 2.98. The van der Waals surface area contributed by atoms with Crippen LogP contribution in [0.1, 0.15) is 30.9 Å². The predicted molar refractivity (Wildman–Crippen MR) is 95.8 cm³/mol. The van der Waals surface area contributed by atoms with Gasteiger partial charge in [-0.3, -0.25) is 14.2 Å². The third-order valence-electron chi connectivity index (χ3n) is 5.15. The predicted octanol–water partition coefficient (Wildman–Crippen LogP) is 0.823. The summed E-state index contributed by atoms with van der Waals surface area (Å²) in [5, 5.41) is 3.29. The second-order valence-corrected chi connectivity index (χ2v) is 6.64. The molecule has 2 aliphatic heterocycles. The summed E-state index contributed by atoms with van der Waals surface area (Å²) in [6.07, 6.45) is 6.34. The number of aromatic nitrogens is 3. The monoisotopic (exact) mass is 342 g/mol. The van der Waals surface area contributed by atoms with E-state index in [1.165, 1.54) is 10.1 Å². The summed E-state index contributed by atoms with van der Waals surface area (Å²) < 4.78 is 8.40. The molecule has 132 valence electrons. The summed E-state index contributed by atoms with van der Waals surface area (Å²) in [7, 11) is 1.64. The van der Waals surface area contributed by atoms with E-state index in [2.05, 4.69) is 10.3 Å². The normalized spacial score (nSPS) is 19.2. The molecule has 2 aliphatic rings. The number of aryl methyl sites for hydroxylation is 1. The van der Waals surface area contributed by atoms with Crippen molar-refractivity contribution in [3.63, 3.8) is 0 Å². The first kappa shape index (κ1) is 16.2. The van der Waals surface area contributed by atoms with Gasteiger partial charge in [-0.15, -0.1) is 0 Å². The Labute approximate surface area is 144 Å². The van der Waals surface area contributed by atoms with E-state index in [0.29, 0.717) is 24.4 Å². The fourth-order valence-corrected chi connectivity index (χ4v) is 3.70. The van der Waals surface area contributed by atoms with Gasteiger partial charge < -0.3 is 14.6 Å². The fourth-order valence-electron chi connectivity index (χ4n) is 3.70. The van der Waals surface area contributed by atoms with Crippen LogP contribution in [0.15, 0.2) is 27.9 Å². The van der Waals surface area contributed by atoms with E-state index in [1.54, 1.807) is 17.8 Å². The van der Waals surface area contributed by atoms with Crippen molar-refractivity contribution in [1.29, 1.82) is 0 Å². The molecule has 1 N–H and O–H groups in total. The van der Waals surface area contributed by atoms with Crippen molar-refractivity contribution in [1.82, 2.24) is 19.4 Å². The maximum atomic E-state index is 12.6. The molecule has 1 fully saturated rings. The van der Waals surface area contributed by atoms with Crippen LogP contribution in [0.5, 0.6) is 0 Å². The highest BCUT2D eigenvalue weighted by Gasteiger charge is 2.22. The van der Waals surface area contributed by atoms with Gasteiger partial charge in [0.1, 0.15) is 0 Å². The van der Waals surface area contributed by atoms with E-state index >= 15 is 0 Å². The SMILES string of the molecule is Cn1c(=O)c(=O)n(C2CCNCC2)c2ncc(C3=CCOCC3)cc21. The van der Waals surface area contributed by atoms with E-state index in [-0.39, 0.29) is 6.04 Å². The molecule has 4 heterocycles. The van der Waals surface area contributed by atoms with Crippen LogP contribution in [0.25, 0.3) is 16.7 Å². The fraction of sp³-hybridized carbons (Fsp3) is 0.500. The van der Waals surface area contributed by atoms with Crippen LogP contribution in [0, 0.1) is 0 Å². The van der Waals surface area contributed by atoms with Crippen molar-refractivity contribution >= 4 is 16.7 Å². The molecule has 7 nitrogen and oxygen atoms in total. The lowest BCUT2D eigenvalue weighted by Crippen LogP contribution is -2.44. The molecular weight excluding hydrogens is 320 g/mol. The second kappa shape index (κ2) is 6.57. The van der Waals surface area contributed by atoms with Crippen LogP contribution in [0.4, 0.5) is 0 Å². The van der Waals surface area contributed by atoms with Crippen molar-refractivity contribution in [3.05, 3.63) is 44.6 Å². The number of pyridine rings is 1. The van der Waals surface area contributed by atoms with Gasteiger partial charge in [0.15, 0.2) is 5.65 Å². The van der Waals surface area contributed by atoms with Gasteiger partial charge in [0.05, 0.1) is 18.7 Å². The Kier molecular flexibility index (Phi) is 4.27. The van der Waals surface area contributed by atoms with Crippen LogP contribution in [-0.2, 0) is 11.8 Å². The zero-order valence-corrected chi connectivity index (χ0v) is 14.3. The number of ether oxygens (including phenoxy) is 1. The third-order valence-corrected chi connectivity index (χ3v) is 5.15. The average Bonchev–Trinajstić information content (AvgIpc) is 2.68. The molecule has 0 saturated carbocycles. The molecule has 0 amide bonds. The van der Waals surface area contributed by atoms with Crippen molar-refractivity contribution in [2.75, 3.05) is 26.3 Å². The summed E-state index contributed by atoms with van der Waals surface area (Å²) in [5.74, 6) is 0. The maximum absolute atomic E-state index is 12.6. The van der Waals surface area contributed by atoms with Crippen LogP contribution in [-0.4, -0.2) is 40.4 Å². The van der Waals surface area contributed by atoms with Crippen LogP contribution >= 0.6 is 0 Å². The van der Waals surface area contributed by atoms with Gasteiger partial charge in [-0.1, -0.05) is 6.08 Å². The van der Waals surface area contributed by atoms with E-state index in [9.17, 15) is 9.59 Å². The molecule has 0 atom stereocenters. The largest absolute Gasteiger partial charge is 0.377 e. The van der Waals surface area contributed by atoms with Crippen LogP contribution in [0.2, 0.25) is 0 Å². The number of hydrogen-bond acceptors (Lipinski definition) is 5. The second-order valence-electron chi connectivity index (χ2n) is 6.64. The molecule has 0 bridgehead atoms. The zero-order valence-electron chi connectivity index (χ0n) is 14.3. The Morgan fingerprint density at radius 2 is 2.04 bits per heavy atom. The Hall–Kier alpha value is -2.25. The van der Waals surface area contributed by atoms with Gasteiger partial charge >= 0.3 is 11.1 Å². The summed E-state index contributed by atoms with van der Waals surface area (Å²) >= 11 is 0. The lowest BCUT2D eigenvalue weighted by Gasteiger charge is -2.26. The van der Waals surface area contributed by atoms with Crippen molar-refractivity contribution in [2.45, 2.75) is 25.3 Å². The van der Waals surface area contributed by atoms with Crippen molar-refractivity contribution in [3.8, 4) is 0 Å². The number of hydrogen-bond donors (Lipinski definition) is 1. The number of fused-ring (bicyclic) bond motifs is 1. The van der Waals surface area contributed by atoms with Gasteiger partial charge in [0.2, 0.25) is 0 Å². The molecule has 2 aromatic rings. The van der Waals surface area contributed by atoms with E-state index < -0.39 is 11.1 Å². The minimum Gasteiger partial charge on any atom is -0.377 e. The Morgan fingerprint density at radius 1 is 1.24 bits per heavy atom. The first-order valence-electron chi connectivity index (χ1n) is 8.76. The Balaban J connectivity index is 1.92.